The number of carboxylic acids is 1. The molecule has 0 amide bonds. The highest BCUT2D eigenvalue weighted by atomic mass is 16.6. The van der Waals surface area contributed by atoms with Crippen molar-refractivity contribution in [2.45, 2.75) is 212 Å². The summed E-state index contributed by atoms with van der Waals surface area (Å²) in [5.41, 5.74) is 0. The predicted octanol–water partition coefficient (Wildman–Crippen LogP) is 14.9. The molecular formula is C56H96NO7+. The Morgan fingerprint density at radius 1 is 0.500 bits per heavy atom. The Balaban J connectivity index is 4.30. The van der Waals surface area contributed by atoms with Crippen LogP contribution in [0.4, 0.5) is 0 Å². The SMILES string of the molecule is CC/C=C/C/C=C/C/C=C/C/C=C/CCCCCCCCCCCC(=O)OCC(COCCC(C(=O)O)[N+](C)(C)C)OC(=O)CCCCCCC/C=C/C=C/C=C/CCCCCCC. The maximum absolute atomic E-state index is 12.8. The first kappa shape index (κ1) is 60.5. The molecule has 0 fully saturated rings. The second kappa shape index (κ2) is 46.1. The van der Waals surface area contributed by atoms with Crippen LogP contribution in [0.3, 0.4) is 0 Å². The summed E-state index contributed by atoms with van der Waals surface area (Å²) in [5, 5.41) is 9.65. The molecule has 0 aromatic rings. The lowest BCUT2D eigenvalue weighted by molar-refractivity contribution is -0.887. The molecule has 0 bridgehead atoms. The first-order valence-electron chi connectivity index (χ1n) is 25.7. The molecule has 0 saturated carbocycles. The summed E-state index contributed by atoms with van der Waals surface area (Å²) < 4.78 is 17.3. The van der Waals surface area contributed by atoms with Gasteiger partial charge in [0, 0.05) is 19.3 Å². The zero-order valence-corrected chi connectivity index (χ0v) is 41.7. The number of esters is 2. The molecule has 0 radical (unpaired) electrons. The van der Waals surface area contributed by atoms with Crippen LogP contribution in [-0.2, 0) is 28.6 Å². The van der Waals surface area contributed by atoms with Gasteiger partial charge in [0.25, 0.3) is 0 Å². The Labute approximate surface area is 393 Å². The Morgan fingerprint density at radius 3 is 1.42 bits per heavy atom. The topological polar surface area (TPSA) is 99.1 Å². The molecule has 64 heavy (non-hydrogen) atoms. The third-order valence-electron chi connectivity index (χ3n) is 11.1. The van der Waals surface area contributed by atoms with E-state index in [4.69, 9.17) is 14.2 Å². The number of rotatable bonds is 45. The van der Waals surface area contributed by atoms with Crippen LogP contribution in [0.15, 0.2) is 85.1 Å². The summed E-state index contributed by atoms with van der Waals surface area (Å²) in [4.78, 5) is 37.2. The summed E-state index contributed by atoms with van der Waals surface area (Å²) in [6, 6.07) is -0.624. The molecule has 2 unspecified atom stereocenters. The second-order valence-electron chi connectivity index (χ2n) is 18.1. The third kappa shape index (κ3) is 43.7. The van der Waals surface area contributed by atoms with Crippen LogP contribution in [0.2, 0.25) is 0 Å². The van der Waals surface area contributed by atoms with Crippen molar-refractivity contribution < 1.29 is 38.2 Å². The van der Waals surface area contributed by atoms with Crippen LogP contribution in [0.5, 0.6) is 0 Å². The van der Waals surface area contributed by atoms with E-state index in [1.54, 1.807) is 0 Å². The molecule has 0 aliphatic carbocycles. The highest BCUT2D eigenvalue weighted by Crippen LogP contribution is 2.14. The average Bonchev–Trinajstić information content (AvgIpc) is 3.26. The van der Waals surface area contributed by atoms with Crippen molar-refractivity contribution in [3.05, 3.63) is 85.1 Å². The van der Waals surface area contributed by atoms with Crippen LogP contribution < -0.4 is 0 Å². The number of nitrogens with zero attached hydrogens (tertiary/aromatic N) is 1. The van der Waals surface area contributed by atoms with Gasteiger partial charge in [-0.15, -0.1) is 0 Å². The highest BCUT2D eigenvalue weighted by Gasteiger charge is 2.31. The largest absolute Gasteiger partial charge is 0.477 e. The van der Waals surface area contributed by atoms with E-state index in [9.17, 15) is 19.5 Å². The number of unbranched alkanes of at least 4 members (excludes halogenated alkanes) is 19. The van der Waals surface area contributed by atoms with E-state index in [1.807, 2.05) is 21.1 Å². The number of carboxylic acid groups (broad SMARTS) is 1. The molecule has 1 N–H and O–H groups in total. The molecule has 0 heterocycles. The fraction of sp³-hybridized carbons (Fsp3) is 0.696. The Kier molecular flexibility index (Phi) is 43.5. The van der Waals surface area contributed by atoms with Crippen molar-refractivity contribution in [2.24, 2.45) is 0 Å². The minimum Gasteiger partial charge on any atom is -0.477 e. The Morgan fingerprint density at radius 2 is 0.938 bits per heavy atom. The Hall–Kier alpha value is -3.49. The lowest BCUT2D eigenvalue weighted by Crippen LogP contribution is -2.50. The number of aliphatic carboxylic acids is 1. The first-order chi connectivity index (χ1) is 31.1. The molecule has 0 aliphatic rings. The van der Waals surface area contributed by atoms with Crippen molar-refractivity contribution in [3.63, 3.8) is 0 Å². The zero-order chi connectivity index (χ0) is 47.0. The first-order valence-corrected chi connectivity index (χ1v) is 25.7. The van der Waals surface area contributed by atoms with Crippen LogP contribution in [0.1, 0.15) is 200 Å². The monoisotopic (exact) mass is 895 g/mol. The van der Waals surface area contributed by atoms with E-state index in [-0.39, 0.29) is 36.2 Å². The van der Waals surface area contributed by atoms with Gasteiger partial charge in [-0.3, -0.25) is 9.59 Å². The van der Waals surface area contributed by atoms with Gasteiger partial charge in [-0.2, -0.15) is 0 Å². The van der Waals surface area contributed by atoms with Gasteiger partial charge in [-0.25, -0.2) is 4.79 Å². The average molecular weight is 895 g/mol. The smallest absolute Gasteiger partial charge is 0.362 e. The molecule has 8 heteroatoms. The minimum absolute atomic E-state index is 0.0467. The summed E-state index contributed by atoms with van der Waals surface area (Å²) >= 11 is 0. The number of ether oxygens (including phenoxy) is 3. The molecular weight excluding hydrogens is 799 g/mol. The molecule has 0 rings (SSSR count). The van der Waals surface area contributed by atoms with Gasteiger partial charge in [0.1, 0.15) is 6.61 Å². The number of allylic oxidation sites excluding steroid dienone is 14. The molecule has 0 aliphatic heterocycles. The maximum atomic E-state index is 12.8. The van der Waals surface area contributed by atoms with Gasteiger partial charge in [-0.05, 0) is 77.0 Å². The summed E-state index contributed by atoms with van der Waals surface area (Å²) in [5.74, 6) is -1.50. The van der Waals surface area contributed by atoms with Gasteiger partial charge >= 0.3 is 17.9 Å². The summed E-state index contributed by atoms with van der Waals surface area (Å²) in [6.45, 7) is 4.58. The van der Waals surface area contributed by atoms with Crippen molar-refractivity contribution in [2.75, 3.05) is 41.0 Å². The van der Waals surface area contributed by atoms with Crippen LogP contribution in [-0.4, -0.2) is 80.6 Å². The number of carbonyl (C=O) groups excluding carboxylic acids is 2. The van der Waals surface area contributed by atoms with Gasteiger partial charge in [-0.1, -0.05) is 189 Å². The molecule has 0 aromatic heterocycles. The lowest BCUT2D eigenvalue weighted by atomic mass is 10.1. The van der Waals surface area contributed by atoms with Crippen molar-refractivity contribution >= 4 is 17.9 Å². The molecule has 8 nitrogen and oxygen atoms in total. The molecule has 0 saturated heterocycles. The van der Waals surface area contributed by atoms with Gasteiger partial charge in [0.05, 0.1) is 34.4 Å². The quantitative estimate of drug-likeness (QED) is 0.0214. The number of hydrogen-bond acceptors (Lipinski definition) is 6. The van der Waals surface area contributed by atoms with E-state index < -0.39 is 18.1 Å². The number of likely N-dealkylation sites (N-methyl/N-ethyl adjacent to an activating group) is 1. The van der Waals surface area contributed by atoms with Gasteiger partial charge in [0.2, 0.25) is 0 Å². The van der Waals surface area contributed by atoms with Gasteiger partial charge < -0.3 is 23.8 Å². The number of carbonyl (C=O) groups is 3. The molecule has 366 valence electrons. The predicted molar refractivity (Wildman–Crippen MR) is 270 cm³/mol. The maximum Gasteiger partial charge on any atom is 0.362 e. The zero-order valence-electron chi connectivity index (χ0n) is 41.7. The van der Waals surface area contributed by atoms with Crippen LogP contribution >= 0.6 is 0 Å². The number of hydrogen-bond donors (Lipinski definition) is 1. The molecule has 2 atom stereocenters. The lowest BCUT2D eigenvalue weighted by Gasteiger charge is -2.31. The highest BCUT2D eigenvalue weighted by molar-refractivity contribution is 5.72. The normalized spacial score (nSPS) is 13.6. The van der Waals surface area contributed by atoms with Crippen LogP contribution in [0, 0.1) is 0 Å². The summed E-state index contributed by atoms with van der Waals surface area (Å²) in [7, 11) is 5.52. The van der Waals surface area contributed by atoms with E-state index in [0.29, 0.717) is 19.3 Å². The fourth-order valence-electron chi connectivity index (χ4n) is 7.14. The van der Waals surface area contributed by atoms with E-state index >= 15 is 0 Å². The van der Waals surface area contributed by atoms with E-state index in [1.165, 1.54) is 70.6 Å². The molecule has 0 aromatic carbocycles. The van der Waals surface area contributed by atoms with Crippen molar-refractivity contribution in [1.82, 2.24) is 0 Å². The van der Waals surface area contributed by atoms with Gasteiger partial charge in [0.15, 0.2) is 12.1 Å². The Bertz CT molecular complexity index is 1320. The minimum atomic E-state index is -0.882. The van der Waals surface area contributed by atoms with E-state index in [2.05, 4.69) is 98.9 Å². The van der Waals surface area contributed by atoms with Crippen molar-refractivity contribution in [1.29, 1.82) is 0 Å². The second-order valence-corrected chi connectivity index (χ2v) is 18.1. The standard InChI is InChI=1S/C56H95NO7/c1-6-8-10-12-14-16-18-20-22-24-26-27-28-29-31-32-34-36-38-40-42-44-46-54(58)63-51-52(50-62-49-48-53(56(60)61)57(3,4)5)64-55(59)47-45-43-41-39-37-35-33-30-25-23-21-19-17-15-13-11-9-7-2/h8,10,14,16,19-23,25-27,30,33,52-53H,6-7,9,11-13,15,17-18,24,28-29,31-32,34-51H2,1-5H3/p+1/b10-8+,16-14+,21-19+,22-20+,25-23+,27-26+,33-30+. The van der Waals surface area contributed by atoms with Crippen molar-refractivity contribution in [3.8, 4) is 0 Å². The van der Waals surface area contributed by atoms with E-state index in [0.717, 1.165) is 96.3 Å². The molecule has 0 spiro atoms. The van der Waals surface area contributed by atoms with Crippen LogP contribution in [0.25, 0.3) is 0 Å². The number of quaternary nitrogens is 1. The fourth-order valence-corrected chi connectivity index (χ4v) is 7.14. The third-order valence-corrected chi connectivity index (χ3v) is 11.1. The summed E-state index contributed by atoms with van der Waals surface area (Å²) in [6.07, 6.45) is 60.5.